The highest BCUT2D eigenvalue weighted by Crippen LogP contribution is 2.22. The van der Waals surface area contributed by atoms with Crippen LogP contribution < -0.4 is 15.4 Å². The summed E-state index contributed by atoms with van der Waals surface area (Å²) in [4.78, 5) is 23.4. The van der Waals surface area contributed by atoms with Crippen molar-refractivity contribution >= 4 is 23.4 Å². The maximum Gasteiger partial charge on any atom is 0.243 e. The number of benzene rings is 1. The molecular weight excluding hydrogens is 308 g/mol. The zero-order chi connectivity index (χ0) is 16.4. The first kappa shape index (κ1) is 18.3. The molecule has 0 saturated heterocycles. The Morgan fingerprint density at radius 2 is 1.86 bits per heavy atom. The lowest BCUT2D eigenvalue weighted by Gasteiger charge is -2.11. The van der Waals surface area contributed by atoms with Crippen LogP contribution in [0.2, 0.25) is 0 Å². The monoisotopic (exact) mass is 328 g/mol. The van der Waals surface area contributed by atoms with Crippen molar-refractivity contribution in [2.45, 2.75) is 11.8 Å². The Labute approximate surface area is 135 Å². The molecule has 0 heterocycles. The fraction of sp³-hybridized carbons (Fsp3) is 0.467. The molecular formula is C15H21ClN2O4. The molecule has 1 unspecified atom stereocenters. The van der Waals surface area contributed by atoms with Crippen molar-refractivity contribution in [3.8, 4) is 5.75 Å². The predicted molar refractivity (Wildman–Crippen MR) is 84.1 cm³/mol. The first-order valence-electron chi connectivity index (χ1n) is 6.90. The number of methoxy groups -OCH3 is 2. The van der Waals surface area contributed by atoms with E-state index in [0.29, 0.717) is 24.5 Å². The molecule has 6 nitrogen and oxygen atoms in total. The second kappa shape index (κ2) is 10.0. The minimum absolute atomic E-state index is 0.106. The molecule has 1 rings (SSSR count). The van der Waals surface area contributed by atoms with Gasteiger partial charge in [0.15, 0.2) is 0 Å². The Morgan fingerprint density at radius 3 is 2.45 bits per heavy atom. The van der Waals surface area contributed by atoms with Gasteiger partial charge in [-0.3, -0.25) is 9.59 Å². The lowest BCUT2D eigenvalue weighted by atomic mass is 10.1. The van der Waals surface area contributed by atoms with E-state index in [1.165, 1.54) is 0 Å². The first-order valence-corrected chi connectivity index (χ1v) is 7.33. The summed E-state index contributed by atoms with van der Waals surface area (Å²) in [5.74, 6) is 0.00499. The summed E-state index contributed by atoms with van der Waals surface area (Å²) in [6.45, 7) is 0.977. The quantitative estimate of drug-likeness (QED) is 0.528. The number of halogens is 1. The van der Waals surface area contributed by atoms with Crippen LogP contribution in [0.1, 0.15) is 17.4 Å². The third-order valence-electron chi connectivity index (χ3n) is 2.91. The van der Waals surface area contributed by atoms with Crippen LogP contribution in [-0.2, 0) is 14.3 Å². The minimum Gasteiger partial charge on any atom is -0.497 e. The van der Waals surface area contributed by atoms with E-state index < -0.39 is 11.3 Å². The average molecular weight is 329 g/mol. The fourth-order valence-electron chi connectivity index (χ4n) is 1.69. The number of carbonyl (C=O) groups is 2. The Morgan fingerprint density at radius 1 is 1.18 bits per heavy atom. The standard InChI is InChI=1S/C15H21ClN2O4/c1-21-9-3-8-17-13(19)10-18-15(20)14(16)11-4-6-12(22-2)7-5-11/h4-7,14H,3,8-10H2,1-2H3,(H,17,19)(H,18,20). The summed E-state index contributed by atoms with van der Waals surface area (Å²) in [5, 5.41) is 4.32. The van der Waals surface area contributed by atoms with Gasteiger partial charge in [0.1, 0.15) is 11.1 Å². The third-order valence-corrected chi connectivity index (χ3v) is 3.36. The molecule has 122 valence electrons. The maximum absolute atomic E-state index is 11.9. The van der Waals surface area contributed by atoms with Gasteiger partial charge >= 0.3 is 0 Å². The van der Waals surface area contributed by atoms with Gasteiger partial charge in [-0.05, 0) is 24.1 Å². The van der Waals surface area contributed by atoms with E-state index in [0.717, 1.165) is 6.42 Å². The molecule has 1 aromatic rings. The lowest BCUT2D eigenvalue weighted by molar-refractivity contribution is -0.126. The van der Waals surface area contributed by atoms with Crippen LogP contribution in [0.15, 0.2) is 24.3 Å². The highest BCUT2D eigenvalue weighted by atomic mass is 35.5. The average Bonchev–Trinajstić information content (AvgIpc) is 2.56. The van der Waals surface area contributed by atoms with Crippen LogP contribution in [0, 0.1) is 0 Å². The number of amides is 2. The molecule has 0 aliphatic rings. The van der Waals surface area contributed by atoms with Gasteiger partial charge in [-0.1, -0.05) is 12.1 Å². The Hall–Kier alpha value is -1.79. The largest absolute Gasteiger partial charge is 0.497 e. The van der Waals surface area contributed by atoms with Crippen molar-refractivity contribution in [3.63, 3.8) is 0 Å². The topological polar surface area (TPSA) is 76.7 Å². The number of hydrogen-bond acceptors (Lipinski definition) is 4. The highest BCUT2D eigenvalue weighted by molar-refractivity contribution is 6.30. The summed E-state index contributed by atoms with van der Waals surface area (Å²) < 4.78 is 9.91. The molecule has 7 heteroatoms. The lowest BCUT2D eigenvalue weighted by Crippen LogP contribution is -2.38. The van der Waals surface area contributed by atoms with Crippen molar-refractivity contribution in [3.05, 3.63) is 29.8 Å². The van der Waals surface area contributed by atoms with Gasteiger partial charge in [0.2, 0.25) is 11.8 Å². The van der Waals surface area contributed by atoms with Crippen molar-refractivity contribution in [1.29, 1.82) is 0 Å². The number of alkyl halides is 1. The van der Waals surface area contributed by atoms with Crippen LogP contribution in [0.5, 0.6) is 5.75 Å². The van der Waals surface area contributed by atoms with Gasteiger partial charge in [0.05, 0.1) is 13.7 Å². The summed E-state index contributed by atoms with van der Waals surface area (Å²) in [7, 11) is 3.16. The van der Waals surface area contributed by atoms with Crippen LogP contribution in [-0.4, -0.2) is 45.7 Å². The molecule has 2 amide bonds. The van der Waals surface area contributed by atoms with E-state index in [1.54, 1.807) is 38.5 Å². The van der Waals surface area contributed by atoms with Crippen molar-refractivity contribution in [2.24, 2.45) is 0 Å². The summed E-state index contributed by atoms with van der Waals surface area (Å²) in [6.07, 6.45) is 0.722. The zero-order valence-electron chi connectivity index (χ0n) is 12.7. The van der Waals surface area contributed by atoms with Crippen LogP contribution in [0.3, 0.4) is 0 Å². The Kier molecular flexibility index (Phi) is 8.32. The molecule has 0 bridgehead atoms. The van der Waals surface area contributed by atoms with Gasteiger partial charge in [-0.15, -0.1) is 11.6 Å². The molecule has 0 fully saturated rings. The summed E-state index contributed by atoms with van der Waals surface area (Å²) in [6, 6.07) is 6.86. The normalized spacial score (nSPS) is 11.6. The Bertz CT molecular complexity index is 479. The minimum atomic E-state index is -0.854. The number of nitrogens with one attached hydrogen (secondary N) is 2. The van der Waals surface area contributed by atoms with Crippen LogP contribution in [0.4, 0.5) is 0 Å². The van der Waals surface area contributed by atoms with E-state index in [-0.39, 0.29) is 12.5 Å². The molecule has 0 aliphatic carbocycles. The molecule has 1 aromatic carbocycles. The third kappa shape index (κ3) is 6.32. The van der Waals surface area contributed by atoms with Crippen molar-refractivity contribution < 1.29 is 19.1 Å². The van der Waals surface area contributed by atoms with E-state index in [2.05, 4.69) is 10.6 Å². The Balaban J connectivity index is 2.35. The number of hydrogen-bond donors (Lipinski definition) is 2. The smallest absolute Gasteiger partial charge is 0.243 e. The van der Waals surface area contributed by atoms with Gasteiger partial charge in [-0.25, -0.2) is 0 Å². The van der Waals surface area contributed by atoms with E-state index in [9.17, 15) is 9.59 Å². The highest BCUT2D eigenvalue weighted by Gasteiger charge is 2.18. The summed E-state index contributed by atoms with van der Waals surface area (Å²) in [5.41, 5.74) is 0.639. The van der Waals surface area contributed by atoms with Crippen LogP contribution >= 0.6 is 11.6 Å². The van der Waals surface area contributed by atoms with Crippen LogP contribution in [0.25, 0.3) is 0 Å². The fourth-order valence-corrected chi connectivity index (χ4v) is 1.91. The van der Waals surface area contributed by atoms with E-state index in [1.807, 2.05) is 0 Å². The van der Waals surface area contributed by atoms with Gasteiger partial charge in [0, 0.05) is 20.3 Å². The molecule has 0 aliphatic heterocycles. The SMILES string of the molecule is COCCCNC(=O)CNC(=O)C(Cl)c1ccc(OC)cc1. The number of carbonyl (C=O) groups excluding carboxylic acids is 2. The molecule has 1 atom stereocenters. The van der Waals surface area contributed by atoms with Gasteiger partial charge in [-0.2, -0.15) is 0 Å². The molecule has 2 N–H and O–H groups in total. The van der Waals surface area contributed by atoms with E-state index >= 15 is 0 Å². The zero-order valence-corrected chi connectivity index (χ0v) is 13.5. The van der Waals surface area contributed by atoms with Gasteiger partial charge in [0.25, 0.3) is 0 Å². The van der Waals surface area contributed by atoms with E-state index in [4.69, 9.17) is 21.1 Å². The second-order valence-corrected chi connectivity index (χ2v) is 4.99. The number of rotatable bonds is 9. The maximum atomic E-state index is 11.9. The number of ether oxygens (including phenoxy) is 2. The predicted octanol–water partition coefficient (Wildman–Crippen LogP) is 1.24. The summed E-state index contributed by atoms with van der Waals surface area (Å²) >= 11 is 6.08. The second-order valence-electron chi connectivity index (χ2n) is 4.55. The first-order chi connectivity index (χ1) is 10.6. The molecule has 0 radical (unpaired) electrons. The van der Waals surface area contributed by atoms with Gasteiger partial charge < -0.3 is 20.1 Å². The molecule has 22 heavy (non-hydrogen) atoms. The van der Waals surface area contributed by atoms with Crippen molar-refractivity contribution in [1.82, 2.24) is 10.6 Å². The molecule has 0 saturated carbocycles. The molecule has 0 spiro atoms. The molecule has 0 aromatic heterocycles. The van der Waals surface area contributed by atoms with Crippen molar-refractivity contribution in [2.75, 3.05) is 33.9 Å².